The van der Waals surface area contributed by atoms with Crippen molar-refractivity contribution < 1.29 is 13.6 Å². The van der Waals surface area contributed by atoms with Crippen molar-refractivity contribution in [1.82, 2.24) is 4.98 Å². The van der Waals surface area contributed by atoms with Gasteiger partial charge in [-0.05, 0) is 6.07 Å². The fourth-order valence-corrected chi connectivity index (χ4v) is 1.03. The minimum Gasteiger partial charge on any atom is -0.397 e. The van der Waals surface area contributed by atoms with Crippen molar-refractivity contribution >= 4 is 12.0 Å². The summed E-state index contributed by atoms with van der Waals surface area (Å²) in [5, 5.41) is 0. The van der Waals surface area contributed by atoms with Gasteiger partial charge in [-0.1, -0.05) is 0 Å². The van der Waals surface area contributed by atoms with Crippen LogP contribution in [0.2, 0.25) is 0 Å². The van der Waals surface area contributed by atoms with Crippen LogP contribution in [0.25, 0.3) is 0 Å². The Kier molecular flexibility index (Phi) is 3.08. The van der Waals surface area contributed by atoms with Gasteiger partial charge in [-0.15, -0.1) is 0 Å². The van der Waals surface area contributed by atoms with E-state index in [0.29, 0.717) is 6.29 Å². The maximum Gasteiger partial charge on any atom is 0.281 e. The Hall–Kier alpha value is -1.56. The minimum absolute atomic E-state index is 0.0370. The lowest BCUT2D eigenvalue weighted by Crippen LogP contribution is -2.09. The number of anilines is 1. The maximum absolute atomic E-state index is 12.4. The molecule has 0 fully saturated rings. The number of hydrogen-bond acceptors (Lipinski definition) is 4. The first kappa shape index (κ1) is 10.5. The van der Waals surface area contributed by atoms with Crippen LogP contribution in [-0.2, 0) is 6.54 Å². The Labute approximate surface area is 78.9 Å². The molecule has 4 nitrogen and oxygen atoms in total. The largest absolute Gasteiger partial charge is 0.397 e. The summed E-state index contributed by atoms with van der Waals surface area (Å²) in [6.45, 7) is -0.0370. The van der Waals surface area contributed by atoms with Crippen LogP contribution < -0.4 is 11.5 Å². The standard InChI is InChI=1S/C8H9F2N3O/c9-8(10)7-4(3-14)1-5(12)6(2-11)13-7/h1,3,8H,2,11-12H2. The molecule has 0 saturated carbocycles. The molecule has 76 valence electrons. The molecule has 0 unspecified atom stereocenters. The molecule has 0 bridgehead atoms. The number of nitrogens with two attached hydrogens (primary N) is 2. The van der Waals surface area contributed by atoms with E-state index in [9.17, 15) is 13.6 Å². The number of carbonyl (C=O) groups excluding carboxylic acids is 1. The summed E-state index contributed by atoms with van der Waals surface area (Å²) in [5.41, 5.74) is 10.2. The molecule has 1 heterocycles. The van der Waals surface area contributed by atoms with E-state index >= 15 is 0 Å². The summed E-state index contributed by atoms with van der Waals surface area (Å²) in [6, 6.07) is 1.16. The van der Waals surface area contributed by atoms with Gasteiger partial charge in [-0.3, -0.25) is 4.79 Å². The predicted octanol–water partition coefficient (Wildman–Crippen LogP) is 0.873. The number of rotatable bonds is 3. The molecular formula is C8H9F2N3O. The molecule has 0 amide bonds. The van der Waals surface area contributed by atoms with Crippen LogP contribution in [0, 0.1) is 0 Å². The number of aldehydes is 1. The summed E-state index contributed by atoms with van der Waals surface area (Å²) >= 11 is 0. The summed E-state index contributed by atoms with van der Waals surface area (Å²) < 4.78 is 24.7. The van der Waals surface area contributed by atoms with E-state index in [1.807, 2.05) is 0 Å². The Morgan fingerprint density at radius 2 is 2.21 bits per heavy atom. The Morgan fingerprint density at radius 3 is 2.64 bits per heavy atom. The zero-order chi connectivity index (χ0) is 10.7. The molecular weight excluding hydrogens is 192 g/mol. The maximum atomic E-state index is 12.4. The van der Waals surface area contributed by atoms with Crippen molar-refractivity contribution in [2.45, 2.75) is 13.0 Å². The SMILES string of the molecule is NCc1nc(C(F)F)c(C=O)cc1N. The average Bonchev–Trinajstić information content (AvgIpc) is 2.16. The molecule has 6 heteroatoms. The number of pyridine rings is 1. The Morgan fingerprint density at radius 1 is 1.57 bits per heavy atom. The highest BCUT2D eigenvalue weighted by Crippen LogP contribution is 2.23. The molecule has 14 heavy (non-hydrogen) atoms. The quantitative estimate of drug-likeness (QED) is 0.711. The molecule has 0 saturated heterocycles. The van der Waals surface area contributed by atoms with Crippen LogP contribution in [0.4, 0.5) is 14.5 Å². The molecule has 1 aromatic heterocycles. The Balaban J connectivity index is 3.32. The van der Waals surface area contributed by atoms with Crippen molar-refractivity contribution in [3.05, 3.63) is 23.0 Å². The molecule has 0 aliphatic heterocycles. The molecule has 1 rings (SSSR count). The lowest BCUT2D eigenvalue weighted by molar-refractivity contribution is 0.110. The lowest BCUT2D eigenvalue weighted by Gasteiger charge is -2.07. The van der Waals surface area contributed by atoms with E-state index in [2.05, 4.69) is 4.98 Å². The van der Waals surface area contributed by atoms with Gasteiger partial charge in [0, 0.05) is 12.1 Å². The van der Waals surface area contributed by atoms with Gasteiger partial charge in [0.1, 0.15) is 5.69 Å². The van der Waals surface area contributed by atoms with E-state index in [-0.39, 0.29) is 23.5 Å². The number of aromatic nitrogens is 1. The van der Waals surface area contributed by atoms with Crippen LogP contribution in [0.15, 0.2) is 6.07 Å². The van der Waals surface area contributed by atoms with Gasteiger partial charge in [-0.2, -0.15) is 0 Å². The zero-order valence-electron chi connectivity index (χ0n) is 7.21. The van der Waals surface area contributed by atoms with E-state index < -0.39 is 12.1 Å². The van der Waals surface area contributed by atoms with Gasteiger partial charge in [0.15, 0.2) is 6.29 Å². The summed E-state index contributed by atoms with van der Waals surface area (Å²) in [5.74, 6) is 0. The fourth-order valence-electron chi connectivity index (χ4n) is 1.03. The first-order valence-corrected chi connectivity index (χ1v) is 3.82. The highest BCUT2D eigenvalue weighted by atomic mass is 19.3. The molecule has 4 N–H and O–H groups in total. The molecule has 0 aliphatic rings. The average molecular weight is 201 g/mol. The Bertz CT molecular complexity index is 355. The zero-order valence-corrected chi connectivity index (χ0v) is 7.21. The van der Waals surface area contributed by atoms with Crippen LogP contribution in [-0.4, -0.2) is 11.3 Å². The number of halogens is 2. The first-order chi connectivity index (χ1) is 6.60. The third-order valence-electron chi connectivity index (χ3n) is 1.72. The summed E-state index contributed by atoms with van der Waals surface area (Å²) in [7, 11) is 0. The van der Waals surface area contributed by atoms with Gasteiger partial charge in [0.25, 0.3) is 6.43 Å². The molecule has 0 radical (unpaired) electrons. The van der Waals surface area contributed by atoms with Crippen LogP contribution in [0.1, 0.15) is 28.2 Å². The van der Waals surface area contributed by atoms with Crippen molar-refractivity contribution in [2.75, 3.05) is 5.73 Å². The normalized spacial score (nSPS) is 10.6. The second kappa shape index (κ2) is 4.10. The highest BCUT2D eigenvalue weighted by Gasteiger charge is 2.16. The van der Waals surface area contributed by atoms with Gasteiger partial charge in [0.2, 0.25) is 0 Å². The highest BCUT2D eigenvalue weighted by molar-refractivity contribution is 5.78. The van der Waals surface area contributed by atoms with Gasteiger partial charge in [-0.25, -0.2) is 13.8 Å². The molecule has 1 aromatic rings. The fraction of sp³-hybridized carbons (Fsp3) is 0.250. The van der Waals surface area contributed by atoms with Gasteiger partial charge in [0.05, 0.1) is 11.4 Å². The smallest absolute Gasteiger partial charge is 0.281 e. The topological polar surface area (TPSA) is 82.0 Å². The minimum atomic E-state index is -2.80. The molecule has 0 aromatic carbocycles. The van der Waals surface area contributed by atoms with Crippen molar-refractivity contribution in [3.8, 4) is 0 Å². The van der Waals surface area contributed by atoms with E-state index in [0.717, 1.165) is 6.07 Å². The first-order valence-electron chi connectivity index (χ1n) is 3.82. The summed E-state index contributed by atoms with van der Waals surface area (Å²) in [6.07, 6.45) is -2.51. The number of nitrogen functional groups attached to an aromatic ring is 1. The second-order valence-corrected chi connectivity index (χ2v) is 2.62. The van der Waals surface area contributed by atoms with E-state index in [1.54, 1.807) is 0 Å². The second-order valence-electron chi connectivity index (χ2n) is 2.62. The van der Waals surface area contributed by atoms with E-state index in [1.165, 1.54) is 0 Å². The van der Waals surface area contributed by atoms with Crippen LogP contribution in [0.3, 0.4) is 0 Å². The lowest BCUT2D eigenvalue weighted by atomic mass is 10.1. The van der Waals surface area contributed by atoms with E-state index in [4.69, 9.17) is 11.5 Å². The predicted molar refractivity (Wildman–Crippen MR) is 46.9 cm³/mol. The summed E-state index contributed by atoms with van der Waals surface area (Å²) in [4.78, 5) is 14.0. The third-order valence-corrected chi connectivity index (χ3v) is 1.72. The van der Waals surface area contributed by atoms with Gasteiger partial charge >= 0.3 is 0 Å². The van der Waals surface area contributed by atoms with Crippen molar-refractivity contribution in [1.29, 1.82) is 0 Å². The third kappa shape index (κ3) is 1.85. The number of hydrogen-bond donors (Lipinski definition) is 2. The van der Waals surface area contributed by atoms with Crippen LogP contribution in [0.5, 0.6) is 0 Å². The molecule has 0 aliphatic carbocycles. The number of alkyl halides is 2. The number of carbonyl (C=O) groups is 1. The monoisotopic (exact) mass is 201 g/mol. The van der Waals surface area contributed by atoms with Crippen LogP contribution >= 0.6 is 0 Å². The number of nitrogens with zero attached hydrogens (tertiary/aromatic N) is 1. The molecule has 0 spiro atoms. The molecule has 0 atom stereocenters. The van der Waals surface area contributed by atoms with Gasteiger partial charge < -0.3 is 11.5 Å². The van der Waals surface area contributed by atoms with Crippen molar-refractivity contribution in [2.24, 2.45) is 5.73 Å². The van der Waals surface area contributed by atoms with Crippen molar-refractivity contribution in [3.63, 3.8) is 0 Å².